The number of aromatic nitrogens is 2. The van der Waals surface area contributed by atoms with Gasteiger partial charge in [0.05, 0.1) is 4.90 Å². The van der Waals surface area contributed by atoms with Gasteiger partial charge in [-0.25, -0.2) is 8.42 Å². The van der Waals surface area contributed by atoms with Gasteiger partial charge in [-0.15, -0.1) is 0 Å². The van der Waals surface area contributed by atoms with E-state index in [9.17, 15) is 13.2 Å². The van der Waals surface area contributed by atoms with Gasteiger partial charge in [0.15, 0.2) is 5.82 Å². The number of hydrogen-bond donors (Lipinski definition) is 1. The number of rotatable bonds is 5. The van der Waals surface area contributed by atoms with Gasteiger partial charge in [0, 0.05) is 18.2 Å². The molecule has 2 atom stereocenters. The van der Waals surface area contributed by atoms with Crippen molar-refractivity contribution in [1.29, 1.82) is 0 Å². The smallest absolute Gasteiger partial charge is 0.252 e. The maximum absolute atomic E-state index is 13.1. The summed E-state index contributed by atoms with van der Waals surface area (Å²) in [6.07, 6.45) is 2.73. The van der Waals surface area contributed by atoms with Gasteiger partial charge in [-0.1, -0.05) is 17.6 Å². The quantitative estimate of drug-likeness (QED) is 0.818. The number of aryl methyl sites for hydroxylation is 2. The lowest BCUT2D eigenvalue weighted by Gasteiger charge is -2.32. The minimum Gasteiger partial charge on any atom is -0.341 e. The summed E-state index contributed by atoms with van der Waals surface area (Å²) < 4.78 is 32.8. The molecule has 0 aliphatic carbocycles. The third-order valence-corrected chi connectivity index (χ3v) is 7.07. The summed E-state index contributed by atoms with van der Waals surface area (Å²) in [4.78, 5) is 17.0. The molecular weight excluding hydrogens is 380 g/mol. The molecule has 1 aliphatic heterocycles. The Bertz CT molecular complexity index is 970. The van der Waals surface area contributed by atoms with Crippen molar-refractivity contribution in [3.8, 4) is 0 Å². The Balaban J connectivity index is 1.85. The van der Waals surface area contributed by atoms with E-state index in [0.717, 1.165) is 19.3 Å². The highest BCUT2D eigenvalue weighted by atomic mass is 32.2. The minimum absolute atomic E-state index is 0.0434. The fourth-order valence-corrected chi connectivity index (χ4v) is 5.12. The molecule has 0 spiro atoms. The minimum atomic E-state index is -3.65. The van der Waals surface area contributed by atoms with Crippen molar-refractivity contribution < 1.29 is 17.7 Å². The molecule has 0 saturated carbocycles. The lowest BCUT2D eigenvalue weighted by Crippen LogP contribution is -2.42. The summed E-state index contributed by atoms with van der Waals surface area (Å²) in [5.74, 6) is 0.398. The average molecular weight is 407 g/mol. The molecule has 2 heterocycles. The monoisotopic (exact) mass is 406 g/mol. The summed E-state index contributed by atoms with van der Waals surface area (Å²) in [5.41, 5.74) is 1.01. The summed E-state index contributed by atoms with van der Waals surface area (Å²) >= 11 is 0. The van der Waals surface area contributed by atoms with Gasteiger partial charge in [0.25, 0.3) is 5.91 Å². The fraction of sp³-hybridized carbons (Fsp3) is 0.526. The summed E-state index contributed by atoms with van der Waals surface area (Å²) in [7, 11) is -3.65. The van der Waals surface area contributed by atoms with Crippen molar-refractivity contribution in [2.75, 3.05) is 6.54 Å². The second-order valence-corrected chi connectivity index (χ2v) is 9.20. The number of amides is 1. The van der Waals surface area contributed by atoms with Gasteiger partial charge in [-0.05, 0) is 58.2 Å². The summed E-state index contributed by atoms with van der Waals surface area (Å²) in [6.45, 7) is 7.63. The molecule has 1 N–H and O–H groups in total. The Kier molecular flexibility index (Phi) is 5.85. The molecule has 3 rings (SSSR count). The molecule has 1 aromatic heterocycles. The number of nitrogens with zero attached hydrogens (tertiary/aromatic N) is 3. The van der Waals surface area contributed by atoms with Crippen molar-refractivity contribution in [3.05, 3.63) is 41.0 Å². The highest BCUT2D eigenvalue weighted by Gasteiger charge is 2.31. The van der Waals surface area contributed by atoms with Crippen LogP contribution in [-0.4, -0.2) is 41.4 Å². The lowest BCUT2D eigenvalue weighted by molar-refractivity contribution is 0.0931. The first-order valence-electron chi connectivity index (χ1n) is 9.43. The Morgan fingerprint density at radius 2 is 2.07 bits per heavy atom. The van der Waals surface area contributed by atoms with Crippen molar-refractivity contribution in [2.24, 2.45) is 0 Å². The molecule has 0 bridgehead atoms. The first-order valence-corrected chi connectivity index (χ1v) is 10.9. The Hall–Kier alpha value is -2.26. The van der Waals surface area contributed by atoms with Gasteiger partial charge >= 0.3 is 0 Å². The van der Waals surface area contributed by atoms with Crippen LogP contribution in [0.25, 0.3) is 0 Å². The predicted molar refractivity (Wildman–Crippen MR) is 103 cm³/mol. The standard InChI is InChI=1S/C19H26N4O4S/c1-12-8-9-16(28(25,26)23-10-6-5-7-13(23)2)11-17(12)18(24)20-14(3)19-21-15(4)22-27-19/h8-9,11,13-14H,5-7,10H2,1-4H3,(H,20,24). The topological polar surface area (TPSA) is 105 Å². The van der Waals surface area contributed by atoms with Gasteiger partial charge in [0.1, 0.15) is 6.04 Å². The SMILES string of the molecule is Cc1noc(C(C)NC(=O)c2cc(S(=O)(=O)N3CCCCC3C)ccc2C)n1. The molecule has 2 unspecified atom stereocenters. The second-order valence-electron chi connectivity index (χ2n) is 7.31. The fourth-order valence-electron chi connectivity index (χ4n) is 3.40. The largest absolute Gasteiger partial charge is 0.341 e. The van der Waals surface area contributed by atoms with E-state index in [1.165, 1.54) is 10.4 Å². The van der Waals surface area contributed by atoms with Crippen molar-refractivity contribution in [2.45, 2.75) is 63.9 Å². The first-order chi connectivity index (χ1) is 13.2. The third-order valence-electron chi connectivity index (χ3n) is 5.06. The normalized spacial score (nSPS) is 19.4. The molecule has 8 nitrogen and oxygen atoms in total. The Labute approximate surface area is 165 Å². The molecule has 9 heteroatoms. The van der Waals surface area contributed by atoms with Crippen LogP contribution in [0, 0.1) is 13.8 Å². The van der Waals surface area contributed by atoms with Crippen LogP contribution in [0.1, 0.15) is 66.8 Å². The number of piperidine rings is 1. The van der Waals surface area contributed by atoms with E-state index in [-0.39, 0.29) is 16.8 Å². The van der Waals surface area contributed by atoms with Gasteiger partial charge < -0.3 is 9.84 Å². The van der Waals surface area contributed by atoms with E-state index >= 15 is 0 Å². The van der Waals surface area contributed by atoms with Crippen molar-refractivity contribution in [3.63, 3.8) is 0 Å². The summed E-state index contributed by atoms with van der Waals surface area (Å²) in [5, 5.41) is 6.51. The number of nitrogens with one attached hydrogen (secondary N) is 1. The van der Waals surface area contributed by atoms with E-state index < -0.39 is 16.1 Å². The zero-order chi connectivity index (χ0) is 20.5. The van der Waals surface area contributed by atoms with E-state index in [0.29, 0.717) is 29.4 Å². The van der Waals surface area contributed by atoms with E-state index in [2.05, 4.69) is 15.5 Å². The molecule has 1 saturated heterocycles. The highest BCUT2D eigenvalue weighted by molar-refractivity contribution is 7.89. The van der Waals surface area contributed by atoms with Crippen LogP contribution < -0.4 is 5.32 Å². The van der Waals surface area contributed by atoms with Crippen LogP contribution in [0.3, 0.4) is 0 Å². The lowest BCUT2D eigenvalue weighted by atomic mass is 10.1. The average Bonchev–Trinajstić information content (AvgIpc) is 3.08. The van der Waals surface area contributed by atoms with Crippen LogP contribution in [0.2, 0.25) is 0 Å². The molecular formula is C19H26N4O4S. The zero-order valence-electron chi connectivity index (χ0n) is 16.6. The van der Waals surface area contributed by atoms with Gasteiger partial charge in [-0.3, -0.25) is 4.79 Å². The number of carbonyl (C=O) groups is 1. The van der Waals surface area contributed by atoms with Crippen LogP contribution in [-0.2, 0) is 10.0 Å². The molecule has 1 aromatic carbocycles. The Morgan fingerprint density at radius 3 is 2.71 bits per heavy atom. The molecule has 1 aliphatic rings. The number of carbonyl (C=O) groups excluding carboxylic acids is 1. The molecule has 1 fully saturated rings. The Morgan fingerprint density at radius 1 is 1.32 bits per heavy atom. The molecule has 0 radical (unpaired) electrons. The van der Waals surface area contributed by atoms with Crippen molar-refractivity contribution >= 4 is 15.9 Å². The van der Waals surface area contributed by atoms with Crippen molar-refractivity contribution in [1.82, 2.24) is 19.8 Å². The second kappa shape index (κ2) is 8.00. The molecule has 152 valence electrons. The van der Waals surface area contributed by atoms with E-state index in [1.807, 2.05) is 6.92 Å². The highest BCUT2D eigenvalue weighted by Crippen LogP contribution is 2.26. The van der Waals surface area contributed by atoms with Crippen LogP contribution >= 0.6 is 0 Å². The van der Waals surface area contributed by atoms with Crippen LogP contribution in [0.15, 0.2) is 27.6 Å². The number of benzene rings is 1. The maximum Gasteiger partial charge on any atom is 0.252 e. The van der Waals surface area contributed by atoms with E-state index in [1.54, 1.807) is 32.9 Å². The molecule has 2 aromatic rings. The third kappa shape index (κ3) is 4.10. The maximum atomic E-state index is 13.1. The number of hydrogen-bond acceptors (Lipinski definition) is 6. The van der Waals surface area contributed by atoms with Crippen LogP contribution in [0.4, 0.5) is 0 Å². The van der Waals surface area contributed by atoms with Crippen LogP contribution in [0.5, 0.6) is 0 Å². The molecule has 1 amide bonds. The van der Waals surface area contributed by atoms with Gasteiger partial charge in [0.2, 0.25) is 15.9 Å². The zero-order valence-corrected chi connectivity index (χ0v) is 17.4. The number of sulfonamides is 1. The summed E-state index contributed by atoms with van der Waals surface area (Å²) in [6, 6.07) is 4.15. The first kappa shape index (κ1) is 20.5. The van der Waals surface area contributed by atoms with E-state index in [4.69, 9.17) is 4.52 Å². The predicted octanol–water partition coefficient (Wildman–Crippen LogP) is 2.74. The van der Waals surface area contributed by atoms with Gasteiger partial charge in [-0.2, -0.15) is 9.29 Å². The molecule has 28 heavy (non-hydrogen) atoms.